The van der Waals surface area contributed by atoms with Crippen molar-refractivity contribution in [3.8, 4) is 11.5 Å². The first-order valence-corrected chi connectivity index (χ1v) is 16.2. The average Bonchev–Trinajstić information content (AvgIpc) is 3.10. The Kier molecular flexibility index (Phi) is 10.6. The predicted octanol–water partition coefficient (Wildman–Crippen LogP) is 6.95. The molecule has 2 heterocycles. The van der Waals surface area contributed by atoms with E-state index in [-0.39, 0.29) is 29.4 Å². The van der Waals surface area contributed by atoms with Gasteiger partial charge in [-0.15, -0.1) is 0 Å². The van der Waals surface area contributed by atoms with E-state index in [9.17, 15) is 9.90 Å². The van der Waals surface area contributed by atoms with Crippen molar-refractivity contribution in [3.63, 3.8) is 0 Å². The number of likely N-dealkylation sites (tertiary alicyclic amines) is 1. The summed E-state index contributed by atoms with van der Waals surface area (Å²) in [5.74, 6) is 0.346. The largest absolute Gasteiger partial charge is 0.507 e. The zero-order valence-corrected chi connectivity index (χ0v) is 26.1. The maximum Gasteiger partial charge on any atom is 0.255 e. The van der Waals surface area contributed by atoms with Crippen molar-refractivity contribution in [1.29, 1.82) is 0 Å². The molecular weight excluding hydrogens is 574 g/mol. The molecule has 1 amide bonds. The van der Waals surface area contributed by atoms with Crippen LogP contribution < -0.4 is 10.1 Å². The summed E-state index contributed by atoms with van der Waals surface area (Å²) < 4.78 is 12.7. The van der Waals surface area contributed by atoms with Gasteiger partial charge in [-0.1, -0.05) is 78.9 Å². The Bertz CT molecular complexity index is 1650. The number of benzene rings is 4. The van der Waals surface area contributed by atoms with Gasteiger partial charge in [-0.3, -0.25) is 9.78 Å². The number of nitrogens with zero attached hydrogens (tertiary/aromatic N) is 2. The van der Waals surface area contributed by atoms with Crippen LogP contribution in [0.3, 0.4) is 0 Å². The summed E-state index contributed by atoms with van der Waals surface area (Å²) in [7, 11) is 0. The highest BCUT2D eigenvalue weighted by Crippen LogP contribution is 2.32. The van der Waals surface area contributed by atoms with Crippen molar-refractivity contribution >= 4 is 16.7 Å². The molecule has 6 rings (SSSR count). The number of carbonyl (C=O) groups is 1. The van der Waals surface area contributed by atoms with Gasteiger partial charge in [-0.2, -0.15) is 0 Å². The van der Waals surface area contributed by atoms with Gasteiger partial charge in [0.05, 0.1) is 18.3 Å². The highest BCUT2D eigenvalue weighted by atomic mass is 16.5. The van der Waals surface area contributed by atoms with Gasteiger partial charge in [0.25, 0.3) is 5.91 Å². The van der Waals surface area contributed by atoms with Gasteiger partial charge in [0.2, 0.25) is 0 Å². The first kappa shape index (κ1) is 31.3. The van der Waals surface area contributed by atoms with Crippen LogP contribution in [-0.4, -0.2) is 59.8 Å². The van der Waals surface area contributed by atoms with Crippen LogP contribution in [0.4, 0.5) is 0 Å². The van der Waals surface area contributed by atoms with Gasteiger partial charge < -0.3 is 24.8 Å². The minimum atomic E-state index is -0.284. The fourth-order valence-electron chi connectivity index (χ4n) is 6.06. The number of phenols is 1. The first-order valence-electron chi connectivity index (χ1n) is 16.2. The van der Waals surface area contributed by atoms with Gasteiger partial charge in [0, 0.05) is 43.5 Å². The quantitative estimate of drug-likeness (QED) is 0.140. The smallest absolute Gasteiger partial charge is 0.255 e. The maximum absolute atomic E-state index is 13.1. The van der Waals surface area contributed by atoms with E-state index >= 15 is 0 Å². The third-order valence-corrected chi connectivity index (χ3v) is 8.54. The Hall–Kier alpha value is -4.72. The molecule has 0 saturated carbocycles. The molecule has 0 aliphatic carbocycles. The lowest BCUT2D eigenvalue weighted by atomic mass is 10.00. The number of aromatic nitrogens is 1. The van der Waals surface area contributed by atoms with Gasteiger partial charge >= 0.3 is 0 Å². The number of phenolic OH excluding ortho intramolecular Hbond substituents is 1. The van der Waals surface area contributed by atoms with Crippen molar-refractivity contribution in [2.75, 3.05) is 32.8 Å². The fraction of sp³-hybridized carbons (Fsp3) is 0.282. The second-order valence-corrected chi connectivity index (χ2v) is 11.8. The van der Waals surface area contributed by atoms with Crippen molar-refractivity contribution < 1.29 is 19.4 Å². The zero-order chi connectivity index (χ0) is 31.6. The summed E-state index contributed by atoms with van der Waals surface area (Å²) >= 11 is 0. The van der Waals surface area contributed by atoms with Crippen LogP contribution in [0.2, 0.25) is 0 Å². The molecule has 0 spiro atoms. The summed E-state index contributed by atoms with van der Waals surface area (Å²) in [5.41, 5.74) is 3.62. The molecule has 4 aromatic carbocycles. The summed E-state index contributed by atoms with van der Waals surface area (Å²) in [6.07, 6.45) is 5.40. The Labute approximate surface area is 270 Å². The number of fused-ring (bicyclic) bond motifs is 1. The van der Waals surface area contributed by atoms with Crippen LogP contribution in [0.1, 0.15) is 52.5 Å². The summed E-state index contributed by atoms with van der Waals surface area (Å²) in [6, 6.07) is 35.8. The van der Waals surface area contributed by atoms with E-state index < -0.39 is 0 Å². The monoisotopic (exact) mass is 615 g/mol. The molecule has 0 radical (unpaired) electrons. The molecule has 236 valence electrons. The van der Waals surface area contributed by atoms with Crippen LogP contribution in [0.25, 0.3) is 10.8 Å². The molecule has 7 heteroatoms. The third kappa shape index (κ3) is 8.10. The minimum Gasteiger partial charge on any atom is -0.507 e. The Morgan fingerprint density at radius 2 is 1.61 bits per heavy atom. The molecule has 46 heavy (non-hydrogen) atoms. The molecule has 7 nitrogen and oxygen atoms in total. The highest BCUT2D eigenvalue weighted by molar-refractivity contribution is 6.02. The number of aromatic hydroxyl groups is 1. The molecule has 0 atom stereocenters. The average molecular weight is 616 g/mol. The second-order valence-electron chi connectivity index (χ2n) is 11.8. The normalized spacial score (nSPS) is 14.0. The predicted molar refractivity (Wildman–Crippen MR) is 181 cm³/mol. The molecule has 1 aliphatic rings. The van der Waals surface area contributed by atoms with Crippen molar-refractivity contribution in [2.24, 2.45) is 0 Å². The number of amides is 1. The Morgan fingerprint density at radius 1 is 0.891 bits per heavy atom. The van der Waals surface area contributed by atoms with Crippen LogP contribution in [0.5, 0.6) is 11.5 Å². The number of nitrogens with one attached hydrogen (secondary N) is 1. The number of piperidine rings is 1. The van der Waals surface area contributed by atoms with E-state index in [1.807, 2.05) is 48.5 Å². The fourth-order valence-corrected chi connectivity index (χ4v) is 6.06. The zero-order valence-electron chi connectivity index (χ0n) is 26.1. The molecule has 1 fully saturated rings. The van der Waals surface area contributed by atoms with E-state index in [1.165, 1.54) is 0 Å². The molecule has 1 saturated heterocycles. The minimum absolute atomic E-state index is 0.0566. The lowest BCUT2D eigenvalue weighted by Crippen LogP contribution is -2.41. The van der Waals surface area contributed by atoms with Crippen LogP contribution in [0.15, 0.2) is 115 Å². The van der Waals surface area contributed by atoms with Crippen molar-refractivity contribution in [3.05, 3.63) is 138 Å². The molecular formula is C39H41N3O4. The van der Waals surface area contributed by atoms with Crippen LogP contribution in [-0.2, 0) is 11.2 Å². The van der Waals surface area contributed by atoms with Gasteiger partial charge in [-0.25, -0.2) is 0 Å². The number of rotatable bonds is 13. The number of hydrogen-bond donors (Lipinski definition) is 2. The van der Waals surface area contributed by atoms with E-state index in [0.29, 0.717) is 18.9 Å². The van der Waals surface area contributed by atoms with Gasteiger partial charge in [0.1, 0.15) is 17.6 Å². The molecule has 5 aromatic rings. The number of carbonyl (C=O) groups excluding carboxylic acids is 1. The number of pyridine rings is 1. The number of ether oxygens (including phenoxy) is 2. The number of aryl methyl sites for hydroxylation is 1. The first-order chi connectivity index (χ1) is 22.6. The lowest BCUT2D eigenvalue weighted by Gasteiger charge is -2.34. The molecule has 1 aliphatic heterocycles. The summed E-state index contributed by atoms with van der Waals surface area (Å²) in [6.45, 7) is 3.58. The Morgan fingerprint density at radius 3 is 2.30 bits per heavy atom. The standard InChI is InChI=1S/C39H41N3O4/c43-36-28-34-31(15-9-18-37(34)45-26-10-17-32-16-7-8-21-40-32)27-35(36)39(44)41-22-25-42-23-19-33(20-24-42)46-38(29-11-3-1-4-12-29)30-13-5-2-6-14-30/h1-9,11-16,18,21,27-28,33,38,43H,10,17,19-20,22-26H2,(H,41,44). The van der Waals surface area contributed by atoms with Gasteiger partial charge in [0.15, 0.2) is 0 Å². The van der Waals surface area contributed by atoms with Crippen molar-refractivity contribution in [1.82, 2.24) is 15.2 Å². The molecule has 1 aromatic heterocycles. The SMILES string of the molecule is O=C(NCCN1CCC(OC(c2ccccc2)c2ccccc2)CC1)c1cc2cccc(OCCCc3ccccn3)c2cc1O. The van der Waals surface area contributed by atoms with Crippen molar-refractivity contribution in [2.45, 2.75) is 37.9 Å². The second kappa shape index (κ2) is 15.5. The van der Waals surface area contributed by atoms with E-state index in [0.717, 1.165) is 72.9 Å². The maximum atomic E-state index is 13.1. The van der Waals surface area contributed by atoms with Crippen LogP contribution >= 0.6 is 0 Å². The van der Waals surface area contributed by atoms with E-state index in [1.54, 1.807) is 18.3 Å². The lowest BCUT2D eigenvalue weighted by molar-refractivity contribution is -0.0267. The molecule has 0 bridgehead atoms. The highest BCUT2D eigenvalue weighted by Gasteiger charge is 2.25. The van der Waals surface area contributed by atoms with Gasteiger partial charge in [-0.05, 0) is 72.5 Å². The molecule has 2 N–H and O–H groups in total. The summed E-state index contributed by atoms with van der Waals surface area (Å²) in [4.78, 5) is 19.8. The summed E-state index contributed by atoms with van der Waals surface area (Å²) in [5, 5.41) is 15.4. The van der Waals surface area contributed by atoms with Crippen LogP contribution in [0, 0.1) is 0 Å². The van der Waals surface area contributed by atoms with E-state index in [4.69, 9.17) is 9.47 Å². The number of hydrogen-bond acceptors (Lipinski definition) is 6. The molecule has 0 unspecified atom stereocenters. The topological polar surface area (TPSA) is 83.9 Å². The third-order valence-electron chi connectivity index (χ3n) is 8.54. The van der Waals surface area contributed by atoms with E-state index in [2.05, 4.69) is 63.7 Å². The Balaban J connectivity index is 0.977.